The number of amides is 1. The fraction of sp³-hybridized carbons (Fsp3) is 0.429. The molecule has 0 aliphatic rings. The van der Waals surface area contributed by atoms with E-state index < -0.39 is 12.0 Å². The normalized spacial score (nSPS) is 11.6. The summed E-state index contributed by atoms with van der Waals surface area (Å²) in [5.41, 5.74) is 1.61. The number of ether oxygens (including phenoxy) is 2. The van der Waals surface area contributed by atoms with Gasteiger partial charge in [0.1, 0.15) is 6.61 Å². The van der Waals surface area contributed by atoms with Crippen LogP contribution in [0.1, 0.15) is 18.1 Å². The molecule has 110 valence electrons. The van der Waals surface area contributed by atoms with Gasteiger partial charge in [0.15, 0.2) is 0 Å². The van der Waals surface area contributed by atoms with Crippen LogP contribution < -0.4 is 5.32 Å². The van der Waals surface area contributed by atoms with Crippen LogP contribution in [0.25, 0.3) is 0 Å². The first kappa shape index (κ1) is 16.0. The van der Waals surface area contributed by atoms with Gasteiger partial charge in [0.05, 0.1) is 19.6 Å². The number of hydrogen-bond acceptors (Lipinski definition) is 5. The highest BCUT2D eigenvalue weighted by atomic mass is 16.5. The second-order valence-electron chi connectivity index (χ2n) is 4.36. The molecule has 1 amide bonds. The molecule has 0 spiro atoms. The lowest BCUT2D eigenvalue weighted by molar-refractivity contribution is -0.144. The van der Waals surface area contributed by atoms with Gasteiger partial charge >= 0.3 is 12.1 Å². The summed E-state index contributed by atoms with van der Waals surface area (Å²) < 4.78 is 9.54. The molecule has 0 aliphatic carbocycles. The standard InChI is InChI=1S/C14H19NO5/c1-10(13(17)19-2)7-15-14(18)20-9-12-5-3-11(8-16)4-6-12/h3-6,10,16H,7-9H2,1-2H3,(H,15,18). The summed E-state index contributed by atoms with van der Waals surface area (Å²) in [5.74, 6) is -0.804. The van der Waals surface area contributed by atoms with Crippen molar-refractivity contribution >= 4 is 12.1 Å². The molecule has 0 heterocycles. The van der Waals surface area contributed by atoms with Gasteiger partial charge in [0, 0.05) is 6.54 Å². The number of aliphatic hydroxyl groups excluding tert-OH is 1. The van der Waals surface area contributed by atoms with Crippen molar-refractivity contribution in [2.45, 2.75) is 20.1 Å². The maximum atomic E-state index is 11.4. The first-order chi connectivity index (χ1) is 9.56. The summed E-state index contributed by atoms with van der Waals surface area (Å²) >= 11 is 0. The highest BCUT2D eigenvalue weighted by molar-refractivity contribution is 5.73. The highest BCUT2D eigenvalue weighted by Gasteiger charge is 2.14. The van der Waals surface area contributed by atoms with Crippen LogP contribution in [0, 0.1) is 5.92 Å². The van der Waals surface area contributed by atoms with E-state index in [1.807, 2.05) is 0 Å². The van der Waals surface area contributed by atoms with Crippen LogP contribution in [0.4, 0.5) is 4.79 Å². The molecule has 0 radical (unpaired) electrons. The second kappa shape index (κ2) is 8.16. The average molecular weight is 281 g/mol. The smallest absolute Gasteiger partial charge is 0.407 e. The van der Waals surface area contributed by atoms with Gasteiger partial charge in [-0.25, -0.2) is 4.79 Å². The SMILES string of the molecule is COC(=O)C(C)CNC(=O)OCc1ccc(CO)cc1. The van der Waals surface area contributed by atoms with Gasteiger partial charge in [-0.15, -0.1) is 0 Å². The maximum Gasteiger partial charge on any atom is 0.407 e. The number of carbonyl (C=O) groups excluding carboxylic acids is 2. The lowest BCUT2D eigenvalue weighted by atomic mass is 10.1. The van der Waals surface area contributed by atoms with E-state index >= 15 is 0 Å². The van der Waals surface area contributed by atoms with E-state index in [1.165, 1.54) is 7.11 Å². The third-order valence-electron chi connectivity index (χ3n) is 2.73. The molecule has 0 bridgehead atoms. The van der Waals surface area contributed by atoms with Gasteiger partial charge < -0.3 is 19.9 Å². The fourth-order valence-electron chi connectivity index (χ4n) is 1.46. The third-order valence-corrected chi connectivity index (χ3v) is 2.73. The van der Waals surface area contributed by atoms with Crippen molar-refractivity contribution in [3.63, 3.8) is 0 Å². The summed E-state index contributed by atoms with van der Waals surface area (Å²) in [4.78, 5) is 22.6. The van der Waals surface area contributed by atoms with Crippen molar-refractivity contribution in [1.82, 2.24) is 5.32 Å². The molecular formula is C14H19NO5. The predicted octanol–water partition coefficient (Wildman–Crippen LogP) is 1.21. The molecule has 0 aromatic heterocycles. The van der Waals surface area contributed by atoms with Crippen LogP contribution >= 0.6 is 0 Å². The van der Waals surface area contributed by atoms with Crippen LogP contribution in [0.15, 0.2) is 24.3 Å². The van der Waals surface area contributed by atoms with Crippen LogP contribution in [-0.4, -0.2) is 30.8 Å². The van der Waals surface area contributed by atoms with E-state index in [2.05, 4.69) is 10.1 Å². The molecule has 1 atom stereocenters. The zero-order valence-corrected chi connectivity index (χ0v) is 11.6. The van der Waals surface area contributed by atoms with E-state index in [0.29, 0.717) is 0 Å². The quantitative estimate of drug-likeness (QED) is 0.766. The topological polar surface area (TPSA) is 84.9 Å². The molecule has 0 fully saturated rings. The van der Waals surface area contributed by atoms with Crippen LogP contribution in [0.3, 0.4) is 0 Å². The molecule has 1 unspecified atom stereocenters. The molecule has 1 rings (SSSR count). The van der Waals surface area contributed by atoms with E-state index in [0.717, 1.165) is 11.1 Å². The van der Waals surface area contributed by atoms with Gasteiger partial charge in [-0.2, -0.15) is 0 Å². The Kier molecular flexibility index (Phi) is 6.52. The van der Waals surface area contributed by atoms with Crippen LogP contribution in [0.5, 0.6) is 0 Å². The Balaban J connectivity index is 2.30. The summed E-state index contributed by atoms with van der Waals surface area (Å²) in [5, 5.41) is 11.4. The zero-order valence-electron chi connectivity index (χ0n) is 11.6. The molecule has 6 nitrogen and oxygen atoms in total. The van der Waals surface area contributed by atoms with Crippen molar-refractivity contribution in [3.8, 4) is 0 Å². The average Bonchev–Trinajstić information content (AvgIpc) is 2.50. The summed E-state index contributed by atoms with van der Waals surface area (Å²) in [7, 11) is 1.30. The van der Waals surface area contributed by atoms with Crippen molar-refractivity contribution in [2.24, 2.45) is 5.92 Å². The number of aliphatic hydroxyl groups is 1. The number of esters is 1. The molecule has 0 saturated carbocycles. The minimum Gasteiger partial charge on any atom is -0.469 e. The van der Waals surface area contributed by atoms with Crippen LogP contribution in [-0.2, 0) is 27.5 Å². The Morgan fingerprint density at radius 3 is 2.40 bits per heavy atom. The summed E-state index contributed by atoms with van der Waals surface area (Å²) in [6.45, 7) is 1.92. The third kappa shape index (κ3) is 5.27. The van der Waals surface area contributed by atoms with E-state index in [-0.39, 0.29) is 25.7 Å². The Labute approximate surface area is 117 Å². The molecule has 2 N–H and O–H groups in total. The van der Waals surface area contributed by atoms with E-state index in [1.54, 1.807) is 31.2 Å². The molecular weight excluding hydrogens is 262 g/mol. The monoisotopic (exact) mass is 281 g/mol. The van der Waals surface area contributed by atoms with Crippen molar-refractivity contribution in [1.29, 1.82) is 0 Å². The highest BCUT2D eigenvalue weighted by Crippen LogP contribution is 2.05. The molecule has 1 aromatic rings. The van der Waals surface area contributed by atoms with Gasteiger partial charge in [-0.05, 0) is 11.1 Å². The van der Waals surface area contributed by atoms with Crippen molar-refractivity contribution in [2.75, 3.05) is 13.7 Å². The zero-order chi connectivity index (χ0) is 15.0. The van der Waals surface area contributed by atoms with E-state index in [4.69, 9.17) is 9.84 Å². The van der Waals surface area contributed by atoms with Gasteiger partial charge in [0.25, 0.3) is 0 Å². The molecule has 6 heteroatoms. The number of carbonyl (C=O) groups is 2. The lowest BCUT2D eigenvalue weighted by Crippen LogP contribution is -2.32. The molecule has 20 heavy (non-hydrogen) atoms. The first-order valence-electron chi connectivity index (χ1n) is 6.24. The maximum absolute atomic E-state index is 11.4. The van der Waals surface area contributed by atoms with Crippen LogP contribution in [0.2, 0.25) is 0 Å². The van der Waals surface area contributed by atoms with Gasteiger partial charge in [-0.3, -0.25) is 4.79 Å². The molecule has 1 aromatic carbocycles. The van der Waals surface area contributed by atoms with E-state index in [9.17, 15) is 9.59 Å². The van der Waals surface area contributed by atoms with Gasteiger partial charge in [-0.1, -0.05) is 31.2 Å². The number of nitrogens with one attached hydrogen (secondary N) is 1. The Morgan fingerprint density at radius 2 is 1.85 bits per heavy atom. The lowest BCUT2D eigenvalue weighted by Gasteiger charge is -2.11. The molecule has 0 aliphatic heterocycles. The van der Waals surface area contributed by atoms with Crippen molar-refractivity contribution in [3.05, 3.63) is 35.4 Å². The Bertz CT molecular complexity index is 443. The minimum absolute atomic E-state index is 0.0208. The number of benzene rings is 1. The Morgan fingerprint density at radius 1 is 1.25 bits per heavy atom. The summed E-state index contributed by atoms with van der Waals surface area (Å²) in [6.07, 6.45) is -0.591. The number of alkyl carbamates (subject to hydrolysis) is 1. The first-order valence-corrected chi connectivity index (χ1v) is 6.24. The van der Waals surface area contributed by atoms with Crippen molar-refractivity contribution < 1.29 is 24.2 Å². The molecule has 0 saturated heterocycles. The number of hydrogen-bond donors (Lipinski definition) is 2. The minimum atomic E-state index is -0.591. The Hall–Kier alpha value is -2.08. The predicted molar refractivity (Wildman–Crippen MR) is 71.7 cm³/mol. The number of rotatable bonds is 6. The fourth-order valence-corrected chi connectivity index (χ4v) is 1.46. The van der Waals surface area contributed by atoms with Gasteiger partial charge in [0.2, 0.25) is 0 Å². The second-order valence-corrected chi connectivity index (χ2v) is 4.36. The largest absolute Gasteiger partial charge is 0.469 e. The number of methoxy groups -OCH3 is 1. The summed E-state index contributed by atoms with van der Waals surface area (Å²) in [6, 6.07) is 7.07.